The van der Waals surface area contributed by atoms with E-state index in [-0.39, 0.29) is 5.97 Å². The van der Waals surface area contributed by atoms with Crippen LogP contribution in [0.4, 0.5) is 0 Å². The zero-order valence-electron chi connectivity index (χ0n) is 9.90. The molecule has 0 radical (unpaired) electrons. The predicted octanol–water partition coefficient (Wildman–Crippen LogP) is 2.71. The topological polar surface area (TPSA) is 70.8 Å². The molecule has 3 aromatic heterocycles. The molecule has 3 aromatic rings. The first-order valence-electron chi connectivity index (χ1n) is 5.39. The van der Waals surface area contributed by atoms with Gasteiger partial charge in [0, 0.05) is 22.2 Å². The first-order chi connectivity index (χ1) is 8.70. The molecule has 0 atom stereocenters. The van der Waals surface area contributed by atoms with Gasteiger partial charge >= 0.3 is 5.97 Å². The summed E-state index contributed by atoms with van der Waals surface area (Å²) < 4.78 is 5.74. The molecule has 0 spiro atoms. The third-order valence-electron chi connectivity index (χ3n) is 2.88. The van der Waals surface area contributed by atoms with E-state index in [0.717, 1.165) is 27.0 Å². The van der Waals surface area contributed by atoms with E-state index in [1.165, 1.54) is 7.11 Å². The highest BCUT2D eigenvalue weighted by Gasteiger charge is 2.15. The highest BCUT2D eigenvalue weighted by molar-refractivity contribution is 7.17. The number of methoxy groups -OCH3 is 1. The van der Waals surface area contributed by atoms with E-state index < -0.39 is 0 Å². The Hall–Kier alpha value is -2.08. The number of aromatic amines is 2. The minimum absolute atomic E-state index is 0.353. The molecular weight excluding hydrogens is 250 g/mol. The van der Waals surface area contributed by atoms with Crippen molar-refractivity contribution in [1.29, 1.82) is 0 Å². The minimum atomic E-state index is -0.353. The fraction of sp³-hybridized carbons (Fsp3) is 0.167. The third-order valence-corrected chi connectivity index (χ3v) is 3.81. The lowest BCUT2D eigenvalue weighted by Crippen LogP contribution is -2.00. The minimum Gasteiger partial charge on any atom is -0.464 e. The number of nitrogens with one attached hydrogen (secondary N) is 2. The summed E-state index contributed by atoms with van der Waals surface area (Å²) in [5.41, 5.74) is 4.52. The van der Waals surface area contributed by atoms with Crippen LogP contribution in [0.1, 0.15) is 16.2 Å². The second-order valence-electron chi connectivity index (χ2n) is 3.97. The first kappa shape index (κ1) is 11.0. The van der Waals surface area contributed by atoms with Crippen LogP contribution in [-0.4, -0.2) is 28.3 Å². The molecule has 3 rings (SSSR count). The highest BCUT2D eigenvalue weighted by Crippen LogP contribution is 2.35. The molecule has 0 saturated carbocycles. The zero-order chi connectivity index (χ0) is 12.7. The Morgan fingerprint density at radius 3 is 2.94 bits per heavy atom. The summed E-state index contributed by atoms with van der Waals surface area (Å²) in [4.78, 5) is 14.6. The summed E-state index contributed by atoms with van der Waals surface area (Å²) in [6.45, 7) is 1.97. The first-order valence-corrected chi connectivity index (χ1v) is 6.27. The number of aromatic nitrogens is 3. The highest BCUT2D eigenvalue weighted by atomic mass is 32.1. The van der Waals surface area contributed by atoms with Crippen LogP contribution in [0.25, 0.3) is 21.3 Å². The van der Waals surface area contributed by atoms with Gasteiger partial charge in [-0.05, 0) is 13.0 Å². The van der Waals surface area contributed by atoms with Gasteiger partial charge in [0.1, 0.15) is 5.69 Å². The molecule has 0 bridgehead atoms. The van der Waals surface area contributed by atoms with E-state index in [4.69, 9.17) is 4.74 Å². The molecule has 0 aromatic carbocycles. The van der Waals surface area contributed by atoms with Crippen molar-refractivity contribution in [1.82, 2.24) is 15.2 Å². The van der Waals surface area contributed by atoms with Gasteiger partial charge in [-0.15, -0.1) is 11.3 Å². The van der Waals surface area contributed by atoms with Crippen molar-refractivity contribution in [3.05, 3.63) is 29.0 Å². The standard InChI is InChI=1S/C12H11N3O2S/c1-6-7(4-13-15-6)8-5-18-10-3-9(12(16)17-2)14-11(8)10/h3-5,14H,1-2H3,(H,13,15). The normalized spacial score (nSPS) is 11.0. The maximum Gasteiger partial charge on any atom is 0.354 e. The Labute approximate surface area is 107 Å². The van der Waals surface area contributed by atoms with Gasteiger partial charge in [0.25, 0.3) is 0 Å². The van der Waals surface area contributed by atoms with Gasteiger partial charge in [0.15, 0.2) is 0 Å². The molecule has 0 amide bonds. The van der Waals surface area contributed by atoms with Gasteiger partial charge in [-0.2, -0.15) is 5.10 Å². The van der Waals surface area contributed by atoms with E-state index in [0.29, 0.717) is 5.69 Å². The summed E-state index contributed by atoms with van der Waals surface area (Å²) in [7, 11) is 1.37. The predicted molar refractivity (Wildman–Crippen MR) is 69.8 cm³/mol. The zero-order valence-corrected chi connectivity index (χ0v) is 10.7. The van der Waals surface area contributed by atoms with Crippen LogP contribution in [0, 0.1) is 6.92 Å². The molecule has 0 unspecified atom stereocenters. The van der Waals surface area contributed by atoms with E-state index in [2.05, 4.69) is 20.6 Å². The van der Waals surface area contributed by atoms with E-state index in [1.807, 2.05) is 13.0 Å². The maximum atomic E-state index is 11.5. The molecule has 2 N–H and O–H groups in total. The number of hydrogen-bond donors (Lipinski definition) is 2. The van der Waals surface area contributed by atoms with Crippen molar-refractivity contribution in [2.75, 3.05) is 7.11 Å². The molecule has 0 saturated heterocycles. The van der Waals surface area contributed by atoms with Crippen LogP contribution >= 0.6 is 11.3 Å². The van der Waals surface area contributed by atoms with Crippen LogP contribution in [0.5, 0.6) is 0 Å². The molecule has 0 aliphatic rings. The van der Waals surface area contributed by atoms with E-state index >= 15 is 0 Å². The Morgan fingerprint density at radius 2 is 2.28 bits per heavy atom. The van der Waals surface area contributed by atoms with Crippen molar-refractivity contribution in [3.63, 3.8) is 0 Å². The largest absolute Gasteiger partial charge is 0.464 e. The van der Waals surface area contributed by atoms with Gasteiger partial charge in [-0.25, -0.2) is 4.79 Å². The van der Waals surface area contributed by atoms with Crippen molar-refractivity contribution < 1.29 is 9.53 Å². The Bertz CT molecular complexity index is 723. The van der Waals surface area contributed by atoms with Gasteiger partial charge in [0.2, 0.25) is 0 Å². The Kier molecular flexibility index (Phi) is 2.45. The second-order valence-corrected chi connectivity index (χ2v) is 4.88. The van der Waals surface area contributed by atoms with E-state index in [1.54, 1.807) is 17.5 Å². The average Bonchev–Trinajstić information content (AvgIpc) is 3.02. The van der Waals surface area contributed by atoms with Crippen molar-refractivity contribution in [2.45, 2.75) is 6.92 Å². The quantitative estimate of drug-likeness (QED) is 0.697. The summed E-state index contributed by atoms with van der Waals surface area (Å²) in [5, 5.41) is 8.98. The van der Waals surface area contributed by atoms with Crippen LogP contribution < -0.4 is 0 Å². The summed E-state index contributed by atoms with van der Waals surface area (Å²) in [5.74, 6) is -0.353. The number of hydrogen-bond acceptors (Lipinski definition) is 4. The summed E-state index contributed by atoms with van der Waals surface area (Å²) >= 11 is 1.59. The fourth-order valence-corrected chi connectivity index (χ4v) is 2.90. The molecule has 6 heteroatoms. The molecule has 5 nitrogen and oxygen atoms in total. The summed E-state index contributed by atoms with van der Waals surface area (Å²) in [6.07, 6.45) is 1.79. The van der Waals surface area contributed by atoms with Crippen LogP contribution in [-0.2, 0) is 4.74 Å². The monoisotopic (exact) mass is 261 g/mol. The number of carbonyl (C=O) groups excluding carboxylic acids is 1. The second kappa shape index (κ2) is 3.99. The lowest BCUT2D eigenvalue weighted by atomic mass is 10.1. The molecule has 0 aliphatic heterocycles. The molecule has 3 heterocycles. The lowest BCUT2D eigenvalue weighted by molar-refractivity contribution is 0.0595. The van der Waals surface area contributed by atoms with Gasteiger partial charge in [0.05, 0.1) is 23.5 Å². The Morgan fingerprint density at radius 1 is 1.44 bits per heavy atom. The number of nitrogens with zero attached hydrogens (tertiary/aromatic N) is 1. The average molecular weight is 261 g/mol. The van der Waals surface area contributed by atoms with Gasteiger partial charge in [-0.1, -0.05) is 0 Å². The fourth-order valence-electron chi connectivity index (χ4n) is 1.95. The Balaban J connectivity index is 2.17. The SMILES string of the molecule is COC(=O)c1cc2scc(-c3cn[nH]c3C)c2[nH]1. The van der Waals surface area contributed by atoms with Crippen molar-refractivity contribution in [3.8, 4) is 11.1 Å². The smallest absolute Gasteiger partial charge is 0.354 e. The molecule has 18 heavy (non-hydrogen) atoms. The van der Waals surface area contributed by atoms with Crippen molar-refractivity contribution in [2.24, 2.45) is 0 Å². The van der Waals surface area contributed by atoms with Gasteiger partial charge < -0.3 is 9.72 Å². The number of aryl methyl sites for hydroxylation is 1. The molecule has 0 fully saturated rings. The number of rotatable bonds is 2. The third kappa shape index (κ3) is 1.53. The number of carbonyl (C=O) groups is 1. The van der Waals surface area contributed by atoms with Crippen LogP contribution in [0.15, 0.2) is 17.6 Å². The number of esters is 1. The summed E-state index contributed by atoms with van der Waals surface area (Å²) in [6, 6.07) is 1.81. The number of H-pyrrole nitrogens is 2. The number of thiophene rings is 1. The maximum absolute atomic E-state index is 11.5. The lowest BCUT2D eigenvalue weighted by Gasteiger charge is -1.96. The molecule has 92 valence electrons. The molecule has 0 aliphatic carbocycles. The van der Waals surface area contributed by atoms with Crippen LogP contribution in [0.3, 0.4) is 0 Å². The number of fused-ring (bicyclic) bond motifs is 1. The van der Waals surface area contributed by atoms with Gasteiger partial charge in [-0.3, -0.25) is 5.10 Å². The van der Waals surface area contributed by atoms with E-state index in [9.17, 15) is 4.79 Å². The van der Waals surface area contributed by atoms with Crippen molar-refractivity contribution >= 4 is 27.5 Å². The van der Waals surface area contributed by atoms with Crippen LogP contribution in [0.2, 0.25) is 0 Å². The molecular formula is C12H11N3O2S. The number of ether oxygens (including phenoxy) is 1.